The second kappa shape index (κ2) is 7.17. The molecule has 2 rings (SSSR count). The van der Waals surface area contributed by atoms with Crippen molar-refractivity contribution < 1.29 is 9.47 Å². The maximum absolute atomic E-state index is 5.86. The minimum atomic E-state index is 0.274. The molecule has 1 aliphatic rings. The van der Waals surface area contributed by atoms with Gasteiger partial charge in [0.2, 0.25) is 0 Å². The first-order valence-corrected chi connectivity index (χ1v) is 8.18. The van der Waals surface area contributed by atoms with E-state index < -0.39 is 0 Å². The third-order valence-corrected chi connectivity index (χ3v) is 4.67. The van der Waals surface area contributed by atoms with Crippen molar-refractivity contribution >= 4 is 0 Å². The number of hydrogen-bond donors (Lipinski definition) is 1. The molecule has 0 aromatic heterocycles. The Labute approximate surface area is 129 Å². The van der Waals surface area contributed by atoms with Crippen LogP contribution in [-0.4, -0.2) is 19.3 Å². The maximum atomic E-state index is 5.86. The molecule has 3 nitrogen and oxygen atoms in total. The molecular formula is C18H29NO2. The van der Waals surface area contributed by atoms with Crippen molar-refractivity contribution in [2.75, 3.05) is 7.11 Å². The SMILES string of the molecule is CCC(CC)C(C)NCc1cc2c(cc1OC)CC(C)O2. The van der Waals surface area contributed by atoms with Gasteiger partial charge in [0.1, 0.15) is 17.6 Å². The van der Waals surface area contributed by atoms with Gasteiger partial charge in [-0.2, -0.15) is 0 Å². The third kappa shape index (κ3) is 3.70. The fraction of sp³-hybridized carbons (Fsp3) is 0.667. The molecule has 0 saturated carbocycles. The molecule has 1 aromatic rings. The van der Waals surface area contributed by atoms with Crippen molar-refractivity contribution in [3.8, 4) is 11.5 Å². The van der Waals surface area contributed by atoms with Crippen LogP contribution < -0.4 is 14.8 Å². The molecule has 0 radical (unpaired) electrons. The number of rotatable bonds is 7. The third-order valence-electron chi connectivity index (χ3n) is 4.67. The van der Waals surface area contributed by atoms with Gasteiger partial charge in [-0.15, -0.1) is 0 Å². The van der Waals surface area contributed by atoms with Crippen LogP contribution in [0.3, 0.4) is 0 Å². The molecule has 118 valence electrons. The van der Waals surface area contributed by atoms with E-state index in [9.17, 15) is 0 Å². The lowest BCUT2D eigenvalue weighted by Crippen LogP contribution is -2.32. The first-order chi connectivity index (χ1) is 10.1. The van der Waals surface area contributed by atoms with E-state index in [-0.39, 0.29) is 6.10 Å². The van der Waals surface area contributed by atoms with Gasteiger partial charge in [-0.25, -0.2) is 0 Å². The van der Waals surface area contributed by atoms with E-state index in [4.69, 9.17) is 9.47 Å². The van der Waals surface area contributed by atoms with E-state index in [2.05, 4.69) is 45.1 Å². The van der Waals surface area contributed by atoms with E-state index in [1.165, 1.54) is 24.0 Å². The van der Waals surface area contributed by atoms with Gasteiger partial charge < -0.3 is 14.8 Å². The first kappa shape index (κ1) is 16.2. The summed E-state index contributed by atoms with van der Waals surface area (Å²) in [4.78, 5) is 0. The lowest BCUT2D eigenvalue weighted by atomic mass is 9.95. The summed E-state index contributed by atoms with van der Waals surface area (Å²) in [5.74, 6) is 2.72. The van der Waals surface area contributed by atoms with Gasteiger partial charge >= 0.3 is 0 Å². The van der Waals surface area contributed by atoms with Crippen molar-refractivity contribution in [3.63, 3.8) is 0 Å². The van der Waals surface area contributed by atoms with Crippen LogP contribution in [0, 0.1) is 5.92 Å². The Balaban J connectivity index is 2.08. The normalized spacial score (nSPS) is 18.5. The fourth-order valence-corrected chi connectivity index (χ4v) is 3.24. The maximum Gasteiger partial charge on any atom is 0.123 e. The lowest BCUT2D eigenvalue weighted by Gasteiger charge is -2.23. The molecule has 1 aliphatic heterocycles. The molecule has 0 bridgehead atoms. The Bertz CT molecular complexity index is 469. The Morgan fingerprint density at radius 3 is 2.67 bits per heavy atom. The smallest absolute Gasteiger partial charge is 0.123 e. The lowest BCUT2D eigenvalue weighted by molar-refractivity contribution is 0.254. The summed E-state index contributed by atoms with van der Waals surface area (Å²) >= 11 is 0. The van der Waals surface area contributed by atoms with Gasteiger partial charge in [-0.3, -0.25) is 0 Å². The van der Waals surface area contributed by atoms with Crippen LogP contribution in [0.15, 0.2) is 12.1 Å². The summed E-state index contributed by atoms with van der Waals surface area (Å²) in [6.07, 6.45) is 3.68. The second-order valence-corrected chi connectivity index (χ2v) is 6.15. The highest BCUT2D eigenvalue weighted by Crippen LogP contribution is 2.35. The van der Waals surface area contributed by atoms with Crippen molar-refractivity contribution in [1.29, 1.82) is 0 Å². The van der Waals surface area contributed by atoms with Crippen LogP contribution >= 0.6 is 0 Å². The van der Waals surface area contributed by atoms with Crippen LogP contribution in [-0.2, 0) is 13.0 Å². The molecule has 1 aromatic carbocycles. The summed E-state index contributed by atoms with van der Waals surface area (Å²) in [6, 6.07) is 4.79. The topological polar surface area (TPSA) is 30.5 Å². The first-order valence-electron chi connectivity index (χ1n) is 8.18. The largest absolute Gasteiger partial charge is 0.496 e. The Hall–Kier alpha value is -1.22. The molecule has 2 unspecified atom stereocenters. The van der Waals surface area contributed by atoms with Crippen molar-refractivity contribution in [3.05, 3.63) is 23.3 Å². The number of hydrogen-bond acceptors (Lipinski definition) is 3. The van der Waals surface area contributed by atoms with E-state index in [1.54, 1.807) is 7.11 Å². The molecule has 2 atom stereocenters. The summed E-state index contributed by atoms with van der Waals surface area (Å²) in [5.41, 5.74) is 2.44. The van der Waals surface area contributed by atoms with Gasteiger partial charge in [-0.05, 0) is 31.9 Å². The van der Waals surface area contributed by atoms with Crippen LogP contribution in [0.25, 0.3) is 0 Å². The summed E-state index contributed by atoms with van der Waals surface area (Å²) in [6.45, 7) is 9.73. The van der Waals surface area contributed by atoms with Crippen LogP contribution in [0.1, 0.15) is 51.7 Å². The molecule has 0 fully saturated rings. The predicted molar refractivity (Wildman–Crippen MR) is 87.2 cm³/mol. The zero-order valence-corrected chi connectivity index (χ0v) is 14.0. The molecule has 1 heterocycles. The molecule has 1 N–H and O–H groups in total. The monoisotopic (exact) mass is 291 g/mol. The van der Waals surface area contributed by atoms with E-state index in [0.717, 1.165) is 30.4 Å². The highest BCUT2D eigenvalue weighted by Gasteiger charge is 2.22. The Morgan fingerprint density at radius 1 is 1.33 bits per heavy atom. The molecular weight excluding hydrogens is 262 g/mol. The van der Waals surface area contributed by atoms with Crippen molar-refractivity contribution in [2.24, 2.45) is 5.92 Å². The molecule has 3 heteroatoms. The molecule has 0 aliphatic carbocycles. The minimum absolute atomic E-state index is 0.274. The quantitative estimate of drug-likeness (QED) is 0.825. The Kier molecular flexibility index (Phi) is 5.51. The van der Waals surface area contributed by atoms with Crippen LogP contribution in [0.5, 0.6) is 11.5 Å². The van der Waals surface area contributed by atoms with Crippen LogP contribution in [0.4, 0.5) is 0 Å². The average molecular weight is 291 g/mol. The second-order valence-electron chi connectivity index (χ2n) is 6.15. The van der Waals surface area contributed by atoms with Gasteiger partial charge in [-0.1, -0.05) is 26.7 Å². The minimum Gasteiger partial charge on any atom is -0.496 e. The summed E-state index contributed by atoms with van der Waals surface area (Å²) in [5, 5.41) is 3.64. The van der Waals surface area contributed by atoms with Crippen molar-refractivity contribution in [2.45, 2.75) is 65.6 Å². The molecule has 0 amide bonds. The molecule has 21 heavy (non-hydrogen) atoms. The number of nitrogens with one attached hydrogen (secondary N) is 1. The predicted octanol–water partition coefficient (Wildman–Crippen LogP) is 3.93. The molecule has 0 saturated heterocycles. The standard InChI is InChI=1S/C18H29NO2/c1-6-14(7-2)13(4)19-11-16-10-18-15(8-12(3)21-18)9-17(16)20-5/h9-10,12-14,19H,6-8,11H2,1-5H3. The van der Waals surface area contributed by atoms with E-state index in [0.29, 0.717) is 6.04 Å². The number of fused-ring (bicyclic) bond motifs is 1. The number of ether oxygens (including phenoxy) is 2. The average Bonchev–Trinajstić information content (AvgIpc) is 2.84. The summed E-state index contributed by atoms with van der Waals surface area (Å²) in [7, 11) is 1.74. The highest BCUT2D eigenvalue weighted by molar-refractivity contribution is 5.48. The van der Waals surface area contributed by atoms with Gasteiger partial charge in [0, 0.05) is 30.1 Å². The van der Waals surface area contributed by atoms with Crippen molar-refractivity contribution in [1.82, 2.24) is 5.32 Å². The van der Waals surface area contributed by atoms with Gasteiger partial charge in [0.25, 0.3) is 0 Å². The number of methoxy groups -OCH3 is 1. The van der Waals surface area contributed by atoms with E-state index >= 15 is 0 Å². The van der Waals surface area contributed by atoms with Gasteiger partial charge in [0.05, 0.1) is 7.11 Å². The highest BCUT2D eigenvalue weighted by atomic mass is 16.5. The zero-order chi connectivity index (χ0) is 15.4. The van der Waals surface area contributed by atoms with E-state index in [1.807, 2.05) is 0 Å². The zero-order valence-electron chi connectivity index (χ0n) is 14.0. The summed E-state index contributed by atoms with van der Waals surface area (Å²) < 4.78 is 11.4. The Morgan fingerprint density at radius 2 is 2.05 bits per heavy atom. The van der Waals surface area contributed by atoms with Crippen LogP contribution in [0.2, 0.25) is 0 Å². The molecule has 0 spiro atoms. The van der Waals surface area contributed by atoms with Gasteiger partial charge in [0.15, 0.2) is 0 Å². The number of benzene rings is 1. The fourth-order valence-electron chi connectivity index (χ4n) is 3.24.